The van der Waals surface area contributed by atoms with Crippen LogP contribution in [0, 0.1) is 0 Å². The molecule has 0 aliphatic carbocycles. The van der Waals surface area contributed by atoms with Crippen molar-refractivity contribution in [2.24, 2.45) is 17.0 Å². The van der Waals surface area contributed by atoms with Gasteiger partial charge in [-0.05, 0) is 44.2 Å². The van der Waals surface area contributed by atoms with Gasteiger partial charge in [0.05, 0.1) is 18.0 Å². The molecule has 32 heavy (non-hydrogen) atoms. The van der Waals surface area contributed by atoms with E-state index >= 15 is 0 Å². The lowest BCUT2D eigenvalue weighted by atomic mass is 10.1. The maximum absolute atomic E-state index is 13.6. The van der Waals surface area contributed by atoms with Crippen LogP contribution in [0.3, 0.4) is 0 Å². The van der Waals surface area contributed by atoms with Gasteiger partial charge in [0.15, 0.2) is 0 Å². The van der Waals surface area contributed by atoms with Gasteiger partial charge < -0.3 is 14.5 Å². The third kappa shape index (κ3) is 4.25. The average Bonchev–Trinajstić information content (AvgIpc) is 3.19. The molecule has 1 saturated heterocycles. The lowest BCUT2D eigenvalue weighted by molar-refractivity contribution is -0.120. The van der Waals surface area contributed by atoms with Crippen LogP contribution in [-0.2, 0) is 11.8 Å². The number of alkyl halides is 1. The van der Waals surface area contributed by atoms with Crippen molar-refractivity contribution in [1.82, 2.24) is 19.6 Å². The van der Waals surface area contributed by atoms with Crippen molar-refractivity contribution in [3.63, 3.8) is 0 Å². The summed E-state index contributed by atoms with van der Waals surface area (Å²) in [7, 11) is 1.74. The van der Waals surface area contributed by atoms with Gasteiger partial charge in [0.25, 0.3) is 11.8 Å². The number of benzene rings is 1. The molecular formula is C22H25FN6O3. The molecule has 1 fully saturated rings. The summed E-state index contributed by atoms with van der Waals surface area (Å²) >= 11 is 0. The van der Waals surface area contributed by atoms with E-state index in [0.29, 0.717) is 44.2 Å². The van der Waals surface area contributed by atoms with Gasteiger partial charge in [-0.15, -0.1) is 0 Å². The van der Waals surface area contributed by atoms with Crippen LogP contribution in [0.4, 0.5) is 4.39 Å². The summed E-state index contributed by atoms with van der Waals surface area (Å²) in [4.78, 5) is 36.2. The highest BCUT2D eigenvalue weighted by atomic mass is 19.1. The number of carbonyl (C=O) groups excluding carboxylic acids is 2. The molecule has 3 heterocycles. The molecule has 1 atom stereocenters. The van der Waals surface area contributed by atoms with E-state index in [1.54, 1.807) is 27.6 Å². The van der Waals surface area contributed by atoms with Crippen LogP contribution in [0.2, 0.25) is 0 Å². The van der Waals surface area contributed by atoms with Crippen LogP contribution in [0.15, 0.2) is 40.3 Å². The Morgan fingerprint density at radius 2 is 1.84 bits per heavy atom. The molecule has 0 spiro atoms. The highest BCUT2D eigenvalue weighted by molar-refractivity contribution is 6.16. The summed E-state index contributed by atoms with van der Waals surface area (Å²) in [6.45, 7) is 5.78. The van der Waals surface area contributed by atoms with Gasteiger partial charge in [-0.2, -0.15) is 10.1 Å². The minimum absolute atomic E-state index is 0.107. The largest absolute Gasteiger partial charge is 0.494 e. The molecule has 1 unspecified atom stereocenters. The van der Waals surface area contributed by atoms with Crippen molar-refractivity contribution in [2.75, 3.05) is 32.8 Å². The lowest BCUT2D eigenvalue weighted by Crippen LogP contribution is -2.51. The highest BCUT2D eigenvalue weighted by Crippen LogP contribution is 2.23. The number of guanidine groups is 1. The summed E-state index contributed by atoms with van der Waals surface area (Å²) in [6, 6.07) is 9.36. The normalized spacial score (nSPS) is 19.0. The van der Waals surface area contributed by atoms with E-state index in [4.69, 9.17) is 4.74 Å². The molecule has 0 saturated carbocycles. The summed E-state index contributed by atoms with van der Waals surface area (Å²) in [5, 5.41) is 4.49. The summed E-state index contributed by atoms with van der Waals surface area (Å²) < 4.78 is 20.7. The zero-order valence-electron chi connectivity index (χ0n) is 18.3. The minimum Gasteiger partial charge on any atom is -0.494 e. The molecule has 2 aromatic rings. The summed E-state index contributed by atoms with van der Waals surface area (Å²) in [6.07, 6.45) is -1.77. The second-order valence-electron chi connectivity index (χ2n) is 7.64. The fourth-order valence-electron chi connectivity index (χ4n) is 3.68. The third-order valence-corrected chi connectivity index (χ3v) is 5.48. The number of carbonyl (C=O) groups is 2. The number of halogens is 1. The number of piperazine rings is 1. The number of rotatable bonds is 4. The molecule has 2 amide bonds. The van der Waals surface area contributed by atoms with Gasteiger partial charge in [-0.3, -0.25) is 14.3 Å². The number of ether oxygens (including phenoxy) is 1. The van der Waals surface area contributed by atoms with E-state index in [9.17, 15) is 14.0 Å². The van der Waals surface area contributed by atoms with Crippen LogP contribution in [0.1, 0.15) is 24.3 Å². The fraction of sp³-hybridized carbons (Fsp3) is 0.409. The van der Waals surface area contributed by atoms with E-state index in [0.717, 1.165) is 11.3 Å². The molecular weight excluding hydrogens is 415 g/mol. The number of nitrogens with zero attached hydrogens (tertiary/aromatic N) is 6. The molecule has 0 radical (unpaired) electrons. The predicted octanol–water partition coefficient (Wildman–Crippen LogP) is 1.94. The minimum atomic E-state index is -1.77. The van der Waals surface area contributed by atoms with Gasteiger partial charge in [0.2, 0.25) is 12.1 Å². The molecule has 2 aliphatic rings. The van der Waals surface area contributed by atoms with Crippen LogP contribution >= 0.6 is 0 Å². The quantitative estimate of drug-likeness (QED) is 0.725. The van der Waals surface area contributed by atoms with Crippen LogP contribution in [0.25, 0.3) is 11.3 Å². The summed E-state index contributed by atoms with van der Waals surface area (Å²) in [5.74, 6) is 0.0451. The first-order chi connectivity index (χ1) is 15.4. The topological polar surface area (TPSA) is 92.4 Å². The van der Waals surface area contributed by atoms with Crippen LogP contribution in [0.5, 0.6) is 5.75 Å². The van der Waals surface area contributed by atoms with Crippen molar-refractivity contribution >= 4 is 23.5 Å². The maximum atomic E-state index is 13.6. The Bertz CT molecular complexity index is 1080. The molecule has 168 valence electrons. The first-order valence-electron chi connectivity index (χ1n) is 10.5. The van der Waals surface area contributed by atoms with E-state index < -0.39 is 12.1 Å². The van der Waals surface area contributed by atoms with Crippen molar-refractivity contribution < 1.29 is 18.7 Å². The van der Waals surface area contributed by atoms with Crippen molar-refractivity contribution in [2.45, 2.75) is 20.0 Å². The van der Waals surface area contributed by atoms with E-state index in [-0.39, 0.29) is 17.6 Å². The first kappa shape index (κ1) is 21.7. The first-order valence-corrected chi connectivity index (χ1v) is 10.5. The second-order valence-corrected chi connectivity index (χ2v) is 7.64. The van der Waals surface area contributed by atoms with E-state index in [1.165, 1.54) is 6.92 Å². The van der Waals surface area contributed by atoms with Crippen molar-refractivity contribution in [1.29, 1.82) is 0 Å². The zero-order chi connectivity index (χ0) is 22.8. The molecule has 0 N–H and O–H groups in total. The predicted molar refractivity (Wildman–Crippen MR) is 118 cm³/mol. The summed E-state index contributed by atoms with van der Waals surface area (Å²) in [5.41, 5.74) is 2.20. The third-order valence-electron chi connectivity index (χ3n) is 5.48. The van der Waals surface area contributed by atoms with E-state index in [2.05, 4.69) is 15.1 Å². The Hall–Kier alpha value is -3.56. The second kappa shape index (κ2) is 8.89. The average molecular weight is 440 g/mol. The standard InChI is InChI=1S/C22H25FN6O3/c1-4-32-16-7-5-15(6-8-16)17-13-18(27(3)26-17)21(31)28-9-11-29(12-10-28)22-24-14(2)19(23)20(30)25-22/h5-8,13,19H,4,9-12H2,1-3H3. The number of hydrogen-bond acceptors (Lipinski definition) is 6. The van der Waals surface area contributed by atoms with Gasteiger partial charge in [0.1, 0.15) is 11.4 Å². The molecule has 0 bridgehead atoms. The SMILES string of the molecule is CCOc1ccc(-c2cc(C(=O)N3CCN(C4=NC(=O)C(F)C(C)=N4)CC3)n(C)n2)cc1. The molecule has 10 heteroatoms. The highest BCUT2D eigenvalue weighted by Gasteiger charge is 2.31. The monoisotopic (exact) mass is 440 g/mol. The Labute approximate surface area is 185 Å². The van der Waals surface area contributed by atoms with Crippen LogP contribution < -0.4 is 4.74 Å². The number of aryl methyl sites for hydroxylation is 1. The smallest absolute Gasteiger partial charge is 0.289 e. The van der Waals surface area contributed by atoms with Crippen molar-refractivity contribution in [3.05, 3.63) is 36.0 Å². The van der Waals surface area contributed by atoms with Crippen molar-refractivity contribution in [3.8, 4) is 17.0 Å². The number of aromatic nitrogens is 2. The van der Waals surface area contributed by atoms with Crippen LogP contribution in [-0.4, -0.2) is 82.0 Å². The number of aliphatic imine (C=N–C) groups is 2. The Morgan fingerprint density at radius 1 is 1.16 bits per heavy atom. The number of amides is 2. The Morgan fingerprint density at radius 3 is 2.47 bits per heavy atom. The van der Waals surface area contributed by atoms with Gasteiger partial charge in [-0.25, -0.2) is 9.38 Å². The maximum Gasteiger partial charge on any atom is 0.289 e. The van der Waals surface area contributed by atoms with Gasteiger partial charge in [0, 0.05) is 38.8 Å². The molecule has 4 rings (SSSR count). The molecule has 9 nitrogen and oxygen atoms in total. The Kier molecular flexibility index (Phi) is 6.02. The van der Waals surface area contributed by atoms with Gasteiger partial charge >= 0.3 is 0 Å². The molecule has 1 aromatic carbocycles. The fourth-order valence-corrected chi connectivity index (χ4v) is 3.68. The van der Waals surface area contributed by atoms with E-state index in [1.807, 2.05) is 31.2 Å². The zero-order valence-corrected chi connectivity index (χ0v) is 18.3. The molecule has 1 aromatic heterocycles. The molecule has 2 aliphatic heterocycles. The lowest BCUT2D eigenvalue weighted by Gasteiger charge is -2.35. The van der Waals surface area contributed by atoms with Gasteiger partial charge in [-0.1, -0.05) is 0 Å². The Balaban J connectivity index is 1.43. The number of hydrogen-bond donors (Lipinski definition) is 0.